The fourth-order valence-electron chi connectivity index (χ4n) is 5.11. The van der Waals surface area contributed by atoms with Crippen LogP contribution < -0.4 is 10.6 Å². The predicted octanol–water partition coefficient (Wildman–Crippen LogP) is 4.83. The first-order valence-corrected chi connectivity index (χ1v) is 11.5. The molecule has 0 bridgehead atoms. The number of anilines is 1. The fourth-order valence-corrected chi connectivity index (χ4v) is 5.11. The molecule has 1 fully saturated rings. The summed E-state index contributed by atoms with van der Waals surface area (Å²) in [7, 11) is 0. The SMILES string of the molecule is N#Cc1ccc(-c2cccc3c2nc2n3C(NC(=O)CCC3CCCC3)(C(F)(F)F)C(=O)N2)cc1. The molecule has 2 amide bonds. The zero-order valence-corrected chi connectivity index (χ0v) is 18.7. The van der Waals surface area contributed by atoms with Gasteiger partial charge in [-0.25, -0.2) is 4.98 Å². The van der Waals surface area contributed by atoms with Crippen LogP contribution >= 0.6 is 0 Å². The molecule has 10 heteroatoms. The molecule has 1 aliphatic carbocycles. The predicted molar refractivity (Wildman–Crippen MR) is 122 cm³/mol. The molecule has 1 aromatic heterocycles. The van der Waals surface area contributed by atoms with Crippen LogP contribution in [0.4, 0.5) is 19.1 Å². The van der Waals surface area contributed by atoms with Crippen molar-refractivity contribution >= 4 is 28.8 Å². The van der Waals surface area contributed by atoms with Crippen molar-refractivity contribution in [1.82, 2.24) is 14.9 Å². The van der Waals surface area contributed by atoms with Crippen LogP contribution in [0.1, 0.15) is 44.1 Å². The Labute approximate surface area is 198 Å². The van der Waals surface area contributed by atoms with Crippen LogP contribution in [0.2, 0.25) is 0 Å². The molecule has 1 aliphatic heterocycles. The van der Waals surface area contributed by atoms with E-state index in [4.69, 9.17) is 5.26 Å². The van der Waals surface area contributed by atoms with E-state index in [2.05, 4.69) is 10.3 Å². The van der Waals surface area contributed by atoms with Crippen molar-refractivity contribution in [2.24, 2.45) is 5.92 Å². The molecule has 1 saturated carbocycles. The number of nitrogens with one attached hydrogen (secondary N) is 2. The number of imidazole rings is 1. The van der Waals surface area contributed by atoms with Crippen LogP contribution in [-0.2, 0) is 15.3 Å². The molecule has 35 heavy (non-hydrogen) atoms. The van der Waals surface area contributed by atoms with E-state index in [-0.39, 0.29) is 23.4 Å². The molecule has 5 rings (SSSR count). The zero-order valence-electron chi connectivity index (χ0n) is 18.7. The van der Waals surface area contributed by atoms with Gasteiger partial charge in [0.2, 0.25) is 11.9 Å². The Balaban J connectivity index is 1.57. The maximum Gasteiger partial charge on any atom is 0.440 e. The number of halogens is 3. The highest BCUT2D eigenvalue weighted by molar-refractivity contribution is 6.06. The number of nitrogens with zero attached hydrogens (tertiary/aromatic N) is 3. The molecular weight excluding hydrogens is 459 g/mol. The van der Waals surface area contributed by atoms with Crippen molar-refractivity contribution in [3.8, 4) is 17.2 Å². The Hall–Kier alpha value is -3.87. The Morgan fingerprint density at radius 3 is 2.57 bits per heavy atom. The van der Waals surface area contributed by atoms with E-state index in [1.165, 1.54) is 6.07 Å². The first-order chi connectivity index (χ1) is 16.7. The van der Waals surface area contributed by atoms with Gasteiger partial charge >= 0.3 is 6.18 Å². The highest BCUT2D eigenvalue weighted by atomic mass is 19.4. The van der Waals surface area contributed by atoms with E-state index >= 15 is 0 Å². The summed E-state index contributed by atoms with van der Waals surface area (Å²) >= 11 is 0. The molecule has 2 N–H and O–H groups in total. The standard InChI is InChI=1S/C25H22F3N5O2/c26-25(27,28)24(32-20(34)13-10-15-4-1-2-5-15)22(35)31-23-30-21-18(6-3-7-19(21)33(23)24)17-11-8-16(14-29)9-12-17/h3,6-9,11-12,15H,1-2,4-5,10,13H2,(H,32,34)(H,30,31,35). The molecular formula is C25H22F3N5O2. The summed E-state index contributed by atoms with van der Waals surface area (Å²) in [6.45, 7) is 0. The second kappa shape index (κ2) is 8.41. The lowest BCUT2D eigenvalue weighted by Crippen LogP contribution is -2.63. The molecule has 2 aliphatic rings. The average molecular weight is 481 g/mol. The molecule has 1 atom stereocenters. The number of amides is 2. The summed E-state index contributed by atoms with van der Waals surface area (Å²) in [4.78, 5) is 29.8. The van der Waals surface area contributed by atoms with Crippen molar-refractivity contribution in [2.75, 3.05) is 5.32 Å². The van der Waals surface area contributed by atoms with Crippen LogP contribution in [0.25, 0.3) is 22.2 Å². The van der Waals surface area contributed by atoms with E-state index in [1.54, 1.807) is 36.4 Å². The largest absolute Gasteiger partial charge is 0.440 e. The van der Waals surface area contributed by atoms with Gasteiger partial charge in [-0.2, -0.15) is 18.4 Å². The van der Waals surface area contributed by atoms with E-state index < -0.39 is 23.7 Å². The lowest BCUT2D eigenvalue weighted by Gasteiger charge is -2.32. The third-order valence-corrected chi connectivity index (χ3v) is 6.88. The van der Waals surface area contributed by atoms with Crippen molar-refractivity contribution < 1.29 is 22.8 Å². The zero-order chi connectivity index (χ0) is 24.8. The molecule has 7 nitrogen and oxygen atoms in total. The van der Waals surface area contributed by atoms with E-state index in [1.807, 2.05) is 11.4 Å². The number of hydrogen-bond acceptors (Lipinski definition) is 4. The average Bonchev–Trinajstić information content (AvgIpc) is 3.53. The van der Waals surface area contributed by atoms with Gasteiger partial charge in [-0.1, -0.05) is 49.9 Å². The molecule has 2 heterocycles. The van der Waals surface area contributed by atoms with E-state index in [9.17, 15) is 22.8 Å². The normalized spacial score (nSPS) is 20.0. The molecule has 3 aromatic rings. The van der Waals surface area contributed by atoms with E-state index in [0.29, 0.717) is 29.0 Å². The number of carbonyl (C=O) groups is 2. The molecule has 0 spiro atoms. The smallest absolute Gasteiger partial charge is 0.317 e. The first kappa shape index (κ1) is 22.9. The third-order valence-electron chi connectivity index (χ3n) is 6.88. The van der Waals surface area contributed by atoms with Crippen LogP contribution in [0.3, 0.4) is 0 Å². The summed E-state index contributed by atoms with van der Waals surface area (Å²) in [5, 5.41) is 13.3. The van der Waals surface area contributed by atoms with Gasteiger partial charge in [0.05, 0.1) is 22.7 Å². The number of rotatable bonds is 5. The number of alkyl halides is 3. The van der Waals surface area contributed by atoms with Crippen molar-refractivity contribution in [2.45, 2.75) is 50.4 Å². The van der Waals surface area contributed by atoms with Gasteiger partial charge in [0.15, 0.2) is 0 Å². The topological polar surface area (TPSA) is 99.8 Å². The summed E-state index contributed by atoms with van der Waals surface area (Å²) < 4.78 is 44.6. The molecule has 180 valence electrons. The quantitative estimate of drug-likeness (QED) is 0.545. The fraction of sp³-hybridized carbons (Fsp3) is 0.360. The first-order valence-electron chi connectivity index (χ1n) is 11.5. The maximum atomic E-state index is 14.6. The van der Waals surface area contributed by atoms with Crippen molar-refractivity contribution in [3.63, 3.8) is 0 Å². The number of benzene rings is 2. The summed E-state index contributed by atoms with van der Waals surface area (Å²) in [5.41, 5.74) is -1.39. The summed E-state index contributed by atoms with van der Waals surface area (Å²) in [6.07, 6.45) is -0.668. The van der Waals surface area contributed by atoms with Crippen molar-refractivity contribution in [3.05, 3.63) is 48.0 Å². The van der Waals surface area contributed by atoms with Gasteiger partial charge in [-0.05, 0) is 36.1 Å². The van der Waals surface area contributed by atoms with Gasteiger partial charge < -0.3 is 5.32 Å². The number of hydrogen-bond donors (Lipinski definition) is 2. The summed E-state index contributed by atoms with van der Waals surface area (Å²) in [6, 6.07) is 13.3. The number of aromatic nitrogens is 2. The minimum absolute atomic E-state index is 0.0497. The minimum Gasteiger partial charge on any atom is -0.317 e. The highest BCUT2D eigenvalue weighted by Crippen LogP contribution is 2.45. The molecule has 0 radical (unpaired) electrons. The number of para-hydroxylation sites is 1. The lowest BCUT2D eigenvalue weighted by molar-refractivity contribution is -0.217. The van der Waals surface area contributed by atoms with Gasteiger partial charge in [-0.15, -0.1) is 0 Å². The second-order valence-electron chi connectivity index (χ2n) is 9.03. The number of carbonyl (C=O) groups excluding carboxylic acids is 2. The minimum atomic E-state index is -5.12. The van der Waals surface area contributed by atoms with Crippen LogP contribution in [0, 0.1) is 17.2 Å². The van der Waals surface area contributed by atoms with Crippen LogP contribution in [0.15, 0.2) is 42.5 Å². The Morgan fingerprint density at radius 2 is 1.91 bits per heavy atom. The van der Waals surface area contributed by atoms with Gasteiger partial charge in [0.25, 0.3) is 11.6 Å². The molecule has 2 aromatic carbocycles. The number of fused-ring (bicyclic) bond motifs is 3. The summed E-state index contributed by atoms with van der Waals surface area (Å²) in [5.74, 6) is -2.20. The van der Waals surface area contributed by atoms with Crippen molar-refractivity contribution in [1.29, 1.82) is 5.26 Å². The Kier molecular flexibility index (Phi) is 5.50. The molecule has 1 unspecified atom stereocenters. The highest BCUT2D eigenvalue weighted by Gasteiger charge is 2.67. The number of nitriles is 1. The third kappa shape index (κ3) is 3.71. The monoisotopic (exact) mass is 481 g/mol. The van der Waals surface area contributed by atoms with Gasteiger partial charge in [0, 0.05) is 12.0 Å². The van der Waals surface area contributed by atoms with Gasteiger partial charge in [0.1, 0.15) is 0 Å². The van der Waals surface area contributed by atoms with Gasteiger partial charge in [-0.3, -0.25) is 19.5 Å². The maximum absolute atomic E-state index is 14.6. The molecule has 0 saturated heterocycles. The van der Waals surface area contributed by atoms with Crippen LogP contribution in [0.5, 0.6) is 0 Å². The van der Waals surface area contributed by atoms with E-state index in [0.717, 1.165) is 30.3 Å². The Bertz CT molecular complexity index is 1350. The van der Waals surface area contributed by atoms with Crippen LogP contribution in [-0.4, -0.2) is 27.5 Å². The Morgan fingerprint density at radius 1 is 1.20 bits per heavy atom. The lowest BCUT2D eigenvalue weighted by atomic mass is 10.0. The second-order valence-corrected chi connectivity index (χ2v) is 9.03.